The van der Waals surface area contributed by atoms with E-state index in [1.807, 2.05) is 0 Å². The molecule has 2 fully saturated rings. The highest BCUT2D eigenvalue weighted by molar-refractivity contribution is 7.47. The number of hydrogen-bond acceptors (Lipinski definition) is 3. The molecule has 3 nitrogen and oxygen atoms in total. The first-order chi connectivity index (χ1) is 6.36. The van der Waals surface area contributed by atoms with Crippen LogP contribution in [0.25, 0.3) is 0 Å². The van der Waals surface area contributed by atoms with Gasteiger partial charge in [-0.2, -0.15) is 0 Å². The molecule has 0 aromatic rings. The van der Waals surface area contributed by atoms with E-state index in [1.54, 1.807) is 0 Å². The molecule has 4 heteroatoms. The van der Waals surface area contributed by atoms with Crippen molar-refractivity contribution < 1.29 is 4.52 Å². The lowest BCUT2D eigenvalue weighted by Gasteiger charge is -2.30. The number of nitrogens with zero attached hydrogens (tertiary/aromatic N) is 2. The fourth-order valence-electron chi connectivity index (χ4n) is 2.15. The molecular formula is C9H19N2OP. The molecule has 2 aliphatic heterocycles. The van der Waals surface area contributed by atoms with Gasteiger partial charge in [-0.3, -0.25) is 0 Å². The highest BCUT2D eigenvalue weighted by atomic mass is 31.2. The van der Waals surface area contributed by atoms with Crippen molar-refractivity contribution in [3.05, 3.63) is 0 Å². The monoisotopic (exact) mass is 202 g/mol. The van der Waals surface area contributed by atoms with E-state index in [0.29, 0.717) is 0 Å². The molecule has 2 aliphatic rings. The summed E-state index contributed by atoms with van der Waals surface area (Å²) in [6, 6.07) is 0.742. The van der Waals surface area contributed by atoms with Gasteiger partial charge in [0.05, 0.1) is 6.61 Å². The summed E-state index contributed by atoms with van der Waals surface area (Å²) < 4.78 is 10.9. The fraction of sp³-hybridized carbons (Fsp3) is 1.00. The van der Waals surface area contributed by atoms with E-state index in [1.165, 1.54) is 19.4 Å². The second-order valence-electron chi connectivity index (χ2n) is 3.65. The van der Waals surface area contributed by atoms with Gasteiger partial charge < -0.3 is 4.52 Å². The van der Waals surface area contributed by atoms with Crippen molar-refractivity contribution in [2.24, 2.45) is 0 Å². The zero-order valence-electron chi connectivity index (χ0n) is 8.57. The minimum absolute atomic E-state index is 0.382. The molecule has 0 aliphatic carbocycles. The van der Waals surface area contributed by atoms with E-state index >= 15 is 0 Å². The molecule has 1 unspecified atom stereocenters. The molecule has 0 aromatic heterocycles. The van der Waals surface area contributed by atoms with Crippen LogP contribution in [0.15, 0.2) is 0 Å². The van der Waals surface area contributed by atoms with E-state index in [4.69, 9.17) is 4.52 Å². The third-order valence-corrected chi connectivity index (χ3v) is 5.32. The molecule has 0 amide bonds. The Morgan fingerprint density at radius 2 is 2.23 bits per heavy atom. The Hall–Kier alpha value is 0.310. The summed E-state index contributed by atoms with van der Waals surface area (Å²) in [6.45, 7) is 8.91. The third kappa shape index (κ3) is 1.75. The van der Waals surface area contributed by atoms with E-state index < -0.39 is 0 Å². The van der Waals surface area contributed by atoms with Crippen LogP contribution < -0.4 is 0 Å². The quantitative estimate of drug-likeness (QED) is 0.651. The standard InChI is InChI=1S/C9H19N2OP/c1-3-10(4-2)13-11-7-5-6-9(11)8-12-13/h9H,3-8H2,1-2H3/t9-,13?/m0/s1. The van der Waals surface area contributed by atoms with Crippen LogP contribution in [0.1, 0.15) is 26.7 Å². The van der Waals surface area contributed by atoms with Crippen LogP contribution in [-0.4, -0.2) is 41.6 Å². The molecule has 13 heavy (non-hydrogen) atoms. The summed E-state index contributed by atoms with van der Waals surface area (Å²) in [4.78, 5) is 0. The lowest BCUT2D eigenvalue weighted by molar-refractivity contribution is 0.326. The molecule has 0 radical (unpaired) electrons. The maximum atomic E-state index is 5.88. The average molecular weight is 202 g/mol. The van der Waals surface area contributed by atoms with Crippen LogP contribution in [0, 0.1) is 0 Å². The van der Waals surface area contributed by atoms with Gasteiger partial charge in [-0.15, -0.1) is 0 Å². The first-order valence-electron chi connectivity index (χ1n) is 5.31. The summed E-state index contributed by atoms with van der Waals surface area (Å²) in [7, 11) is -0.382. The smallest absolute Gasteiger partial charge is 0.188 e. The van der Waals surface area contributed by atoms with Crippen molar-refractivity contribution in [3.8, 4) is 0 Å². The average Bonchev–Trinajstić information content (AvgIpc) is 2.70. The highest BCUT2D eigenvalue weighted by Crippen LogP contribution is 2.54. The normalized spacial score (nSPS) is 34.4. The van der Waals surface area contributed by atoms with E-state index in [2.05, 4.69) is 23.2 Å². The van der Waals surface area contributed by atoms with Gasteiger partial charge in [0.2, 0.25) is 0 Å². The molecule has 0 saturated carbocycles. The van der Waals surface area contributed by atoms with Gasteiger partial charge in [0.15, 0.2) is 8.45 Å². The van der Waals surface area contributed by atoms with E-state index in [-0.39, 0.29) is 8.45 Å². The Morgan fingerprint density at radius 3 is 2.92 bits per heavy atom. The van der Waals surface area contributed by atoms with Gasteiger partial charge >= 0.3 is 0 Å². The zero-order valence-corrected chi connectivity index (χ0v) is 9.46. The van der Waals surface area contributed by atoms with Gasteiger partial charge in [-0.05, 0) is 12.8 Å². The minimum atomic E-state index is -0.382. The molecule has 76 valence electrons. The first kappa shape index (κ1) is 9.85. The van der Waals surface area contributed by atoms with Gasteiger partial charge in [-0.1, -0.05) is 13.8 Å². The van der Waals surface area contributed by atoms with Crippen molar-refractivity contribution in [2.45, 2.75) is 32.7 Å². The molecule has 0 spiro atoms. The van der Waals surface area contributed by atoms with Gasteiger partial charge in [0, 0.05) is 25.7 Å². The van der Waals surface area contributed by atoms with Gasteiger partial charge in [0.1, 0.15) is 0 Å². The Labute approximate surface area is 82.0 Å². The predicted molar refractivity (Wildman–Crippen MR) is 55.5 cm³/mol. The largest absolute Gasteiger partial charge is 0.330 e. The minimum Gasteiger partial charge on any atom is -0.330 e. The topological polar surface area (TPSA) is 15.7 Å². The number of fused-ring (bicyclic) bond motifs is 1. The van der Waals surface area contributed by atoms with Crippen LogP contribution in [0.3, 0.4) is 0 Å². The van der Waals surface area contributed by atoms with Crippen molar-refractivity contribution in [1.82, 2.24) is 9.34 Å². The molecule has 0 bridgehead atoms. The molecule has 0 aromatic carbocycles. The summed E-state index contributed by atoms with van der Waals surface area (Å²) in [5, 5.41) is 0. The van der Waals surface area contributed by atoms with Crippen molar-refractivity contribution in [3.63, 3.8) is 0 Å². The Kier molecular flexibility index (Phi) is 3.20. The van der Waals surface area contributed by atoms with Crippen LogP contribution in [0.2, 0.25) is 0 Å². The van der Waals surface area contributed by atoms with Gasteiger partial charge in [0.25, 0.3) is 0 Å². The van der Waals surface area contributed by atoms with E-state index in [9.17, 15) is 0 Å². The highest BCUT2D eigenvalue weighted by Gasteiger charge is 2.40. The van der Waals surface area contributed by atoms with Crippen molar-refractivity contribution in [2.75, 3.05) is 26.2 Å². The summed E-state index contributed by atoms with van der Waals surface area (Å²) >= 11 is 0. The van der Waals surface area contributed by atoms with Crippen molar-refractivity contribution in [1.29, 1.82) is 0 Å². The van der Waals surface area contributed by atoms with Gasteiger partial charge in [-0.25, -0.2) is 9.34 Å². The van der Waals surface area contributed by atoms with Crippen molar-refractivity contribution >= 4 is 8.45 Å². The van der Waals surface area contributed by atoms with Crippen LogP contribution in [0.5, 0.6) is 0 Å². The maximum Gasteiger partial charge on any atom is 0.188 e. The number of rotatable bonds is 3. The third-order valence-electron chi connectivity index (χ3n) is 2.92. The second-order valence-corrected chi connectivity index (χ2v) is 5.49. The molecule has 2 saturated heterocycles. The second kappa shape index (κ2) is 4.22. The fourth-order valence-corrected chi connectivity index (χ4v) is 4.35. The summed E-state index contributed by atoms with van der Waals surface area (Å²) in [5.74, 6) is 0. The lowest BCUT2D eigenvalue weighted by Crippen LogP contribution is -2.27. The molecule has 0 N–H and O–H groups in total. The molecular weight excluding hydrogens is 183 g/mol. The lowest BCUT2D eigenvalue weighted by atomic mass is 10.2. The summed E-state index contributed by atoms with van der Waals surface area (Å²) in [6.07, 6.45) is 2.72. The molecule has 2 atom stereocenters. The Balaban J connectivity index is 1.99. The summed E-state index contributed by atoms with van der Waals surface area (Å²) in [5.41, 5.74) is 0. The Morgan fingerprint density at radius 1 is 1.46 bits per heavy atom. The number of hydrogen-bond donors (Lipinski definition) is 0. The van der Waals surface area contributed by atoms with Crippen LogP contribution in [0.4, 0.5) is 0 Å². The van der Waals surface area contributed by atoms with Crippen LogP contribution in [-0.2, 0) is 4.52 Å². The Bertz CT molecular complexity index is 175. The van der Waals surface area contributed by atoms with Crippen LogP contribution >= 0.6 is 8.45 Å². The molecule has 2 heterocycles. The van der Waals surface area contributed by atoms with E-state index in [0.717, 1.165) is 25.7 Å². The maximum absolute atomic E-state index is 5.88. The zero-order chi connectivity index (χ0) is 9.26. The molecule has 2 rings (SSSR count). The SMILES string of the molecule is CCN(CC)P1OC[C@@H]2CCCN21. The first-order valence-corrected chi connectivity index (χ1v) is 6.47. The predicted octanol–water partition coefficient (Wildman–Crippen LogP) is 2.05.